The lowest BCUT2D eigenvalue weighted by Crippen LogP contribution is -3.00. The number of halogens is 1. The number of benzene rings is 1. The van der Waals surface area contributed by atoms with Crippen LogP contribution in [0.1, 0.15) is 37.4 Å². The van der Waals surface area contributed by atoms with Gasteiger partial charge < -0.3 is 12.4 Å². The van der Waals surface area contributed by atoms with Crippen molar-refractivity contribution in [2.45, 2.75) is 45.7 Å². The molecule has 4 nitrogen and oxygen atoms in total. The van der Waals surface area contributed by atoms with Gasteiger partial charge in [0.2, 0.25) is 0 Å². The first-order chi connectivity index (χ1) is 10.6. The zero-order valence-electron chi connectivity index (χ0n) is 14.1. The van der Waals surface area contributed by atoms with E-state index in [0.29, 0.717) is 6.04 Å². The van der Waals surface area contributed by atoms with Gasteiger partial charge in [0, 0.05) is 25.3 Å². The summed E-state index contributed by atoms with van der Waals surface area (Å²) in [7, 11) is 1.97. The topological polar surface area (TPSA) is 30.2 Å². The van der Waals surface area contributed by atoms with E-state index in [1.165, 1.54) is 19.3 Å². The van der Waals surface area contributed by atoms with Gasteiger partial charge in [0.05, 0.1) is 11.3 Å². The van der Waals surface area contributed by atoms with Gasteiger partial charge in [-0.3, -0.25) is 14.4 Å². The molecular weight excluding hydrogens is 310 g/mol. The Morgan fingerprint density at radius 1 is 1.17 bits per heavy atom. The predicted octanol–water partition coefficient (Wildman–Crippen LogP) is -0.137. The number of aromatic nitrogens is 2. The van der Waals surface area contributed by atoms with E-state index in [0.717, 1.165) is 30.0 Å². The van der Waals surface area contributed by atoms with Gasteiger partial charge in [-0.2, -0.15) is 0 Å². The molecule has 1 saturated heterocycles. The SMILES string of the molecule is Cc1c(CN2CCCCC2C)c(=O)n(-c2ccccc2)n1C.[Cl-]. The minimum Gasteiger partial charge on any atom is -1.00 e. The molecule has 5 heteroatoms. The van der Waals surface area contributed by atoms with Gasteiger partial charge in [-0.15, -0.1) is 0 Å². The highest BCUT2D eigenvalue weighted by molar-refractivity contribution is 5.33. The Morgan fingerprint density at radius 3 is 2.52 bits per heavy atom. The maximum atomic E-state index is 12.9. The summed E-state index contributed by atoms with van der Waals surface area (Å²) in [5.74, 6) is 0. The molecule has 0 N–H and O–H groups in total. The van der Waals surface area contributed by atoms with Crippen molar-refractivity contribution in [1.82, 2.24) is 14.3 Å². The van der Waals surface area contributed by atoms with Crippen LogP contribution >= 0.6 is 0 Å². The summed E-state index contributed by atoms with van der Waals surface area (Å²) in [6.45, 7) is 6.18. The number of piperidine rings is 1. The van der Waals surface area contributed by atoms with Gasteiger partial charge in [0.1, 0.15) is 0 Å². The average molecular weight is 335 g/mol. The van der Waals surface area contributed by atoms with Gasteiger partial charge in [-0.05, 0) is 45.4 Å². The maximum absolute atomic E-state index is 12.9. The van der Waals surface area contributed by atoms with Crippen LogP contribution in [0.15, 0.2) is 35.1 Å². The van der Waals surface area contributed by atoms with Crippen molar-refractivity contribution in [1.29, 1.82) is 0 Å². The summed E-state index contributed by atoms with van der Waals surface area (Å²) in [5.41, 5.74) is 3.03. The molecule has 0 spiro atoms. The number of hydrogen-bond acceptors (Lipinski definition) is 2. The van der Waals surface area contributed by atoms with Crippen LogP contribution in [0.4, 0.5) is 0 Å². The zero-order valence-corrected chi connectivity index (χ0v) is 14.9. The second kappa shape index (κ2) is 7.37. The number of hydrogen-bond donors (Lipinski definition) is 0. The normalized spacial score (nSPS) is 18.7. The van der Waals surface area contributed by atoms with Crippen molar-refractivity contribution < 1.29 is 12.4 Å². The van der Waals surface area contributed by atoms with Crippen LogP contribution in [0.3, 0.4) is 0 Å². The lowest BCUT2D eigenvalue weighted by atomic mass is 10.0. The monoisotopic (exact) mass is 334 g/mol. The Kier molecular flexibility index (Phi) is 5.71. The van der Waals surface area contributed by atoms with Crippen molar-refractivity contribution in [3.05, 3.63) is 51.9 Å². The first kappa shape index (κ1) is 17.8. The van der Waals surface area contributed by atoms with Gasteiger partial charge in [0.25, 0.3) is 5.56 Å². The average Bonchev–Trinajstić information content (AvgIpc) is 2.74. The van der Waals surface area contributed by atoms with E-state index < -0.39 is 0 Å². The summed E-state index contributed by atoms with van der Waals surface area (Å²) in [4.78, 5) is 15.4. The van der Waals surface area contributed by atoms with Crippen LogP contribution < -0.4 is 18.0 Å². The number of rotatable bonds is 3. The smallest absolute Gasteiger partial charge is 0.276 e. The van der Waals surface area contributed by atoms with Crippen LogP contribution in [-0.2, 0) is 13.6 Å². The molecule has 1 fully saturated rings. The van der Waals surface area contributed by atoms with E-state index >= 15 is 0 Å². The third-order valence-corrected chi connectivity index (χ3v) is 4.98. The molecule has 1 aromatic heterocycles. The summed E-state index contributed by atoms with van der Waals surface area (Å²) in [6.07, 6.45) is 3.78. The van der Waals surface area contributed by atoms with Crippen LogP contribution in [0.25, 0.3) is 5.69 Å². The zero-order chi connectivity index (χ0) is 15.7. The second-order valence-corrected chi connectivity index (χ2v) is 6.36. The third-order valence-electron chi connectivity index (χ3n) is 4.98. The Labute approximate surface area is 144 Å². The molecule has 1 aromatic carbocycles. The summed E-state index contributed by atoms with van der Waals surface area (Å²) >= 11 is 0. The van der Waals surface area contributed by atoms with Crippen molar-refractivity contribution in [2.75, 3.05) is 6.54 Å². The van der Waals surface area contributed by atoms with E-state index in [1.807, 2.05) is 49.0 Å². The van der Waals surface area contributed by atoms with Gasteiger partial charge >= 0.3 is 0 Å². The largest absolute Gasteiger partial charge is 1.00 e. The molecule has 3 rings (SSSR count). The van der Waals surface area contributed by atoms with Crippen LogP contribution in [0.2, 0.25) is 0 Å². The molecule has 2 aromatic rings. The fraction of sp³-hybridized carbons (Fsp3) is 0.500. The van der Waals surface area contributed by atoms with Crippen LogP contribution in [-0.4, -0.2) is 26.9 Å². The summed E-state index contributed by atoms with van der Waals surface area (Å²) < 4.78 is 3.75. The third kappa shape index (κ3) is 3.38. The minimum absolute atomic E-state index is 0. The quantitative estimate of drug-likeness (QED) is 0.782. The molecule has 0 amide bonds. The number of para-hydroxylation sites is 1. The molecule has 23 heavy (non-hydrogen) atoms. The van der Waals surface area contributed by atoms with Crippen molar-refractivity contribution in [3.63, 3.8) is 0 Å². The molecule has 0 radical (unpaired) electrons. The Hall–Kier alpha value is -1.52. The van der Waals surface area contributed by atoms with Gasteiger partial charge in [-0.1, -0.05) is 24.6 Å². The molecule has 1 atom stereocenters. The van der Waals surface area contributed by atoms with E-state index in [-0.39, 0.29) is 18.0 Å². The number of likely N-dealkylation sites (tertiary alicyclic amines) is 1. The molecule has 1 unspecified atom stereocenters. The molecule has 1 aliphatic rings. The fourth-order valence-corrected chi connectivity index (χ4v) is 3.40. The molecular formula is C18H25ClN3O-. The molecule has 0 aliphatic carbocycles. The highest BCUT2D eigenvalue weighted by Crippen LogP contribution is 2.20. The molecule has 0 bridgehead atoms. The van der Waals surface area contributed by atoms with Crippen molar-refractivity contribution >= 4 is 0 Å². The van der Waals surface area contributed by atoms with E-state index in [2.05, 4.69) is 11.8 Å². The second-order valence-electron chi connectivity index (χ2n) is 6.36. The van der Waals surface area contributed by atoms with Gasteiger partial charge in [-0.25, -0.2) is 4.68 Å². The van der Waals surface area contributed by atoms with E-state index in [1.54, 1.807) is 4.68 Å². The first-order valence-electron chi connectivity index (χ1n) is 8.16. The fourth-order valence-electron chi connectivity index (χ4n) is 3.40. The molecule has 2 heterocycles. The first-order valence-corrected chi connectivity index (χ1v) is 8.16. The van der Waals surface area contributed by atoms with E-state index in [9.17, 15) is 4.79 Å². The molecule has 1 aliphatic heterocycles. The highest BCUT2D eigenvalue weighted by atomic mass is 35.5. The highest BCUT2D eigenvalue weighted by Gasteiger charge is 2.23. The standard InChI is InChI=1S/C18H25N3O.ClH/c1-14-9-7-8-12-20(14)13-17-15(2)19(3)21(18(17)22)16-10-5-4-6-11-16;/h4-6,10-11,14H,7-9,12-13H2,1-3H3;1H/p-1. The summed E-state index contributed by atoms with van der Waals surface area (Å²) in [5, 5.41) is 0. The van der Waals surface area contributed by atoms with Gasteiger partial charge in [0.15, 0.2) is 0 Å². The minimum atomic E-state index is 0. The van der Waals surface area contributed by atoms with Crippen LogP contribution in [0, 0.1) is 6.92 Å². The lowest BCUT2D eigenvalue weighted by Gasteiger charge is -2.32. The predicted molar refractivity (Wildman–Crippen MR) is 89.5 cm³/mol. The maximum Gasteiger partial charge on any atom is 0.276 e. The Morgan fingerprint density at radius 2 is 1.87 bits per heavy atom. The van der Waals surface area contributed by atoms with Crippen LogP contribution in [0.5, 0.6) is 0 Å². The Balaban J connectivity index is 0.00000192. The van der Waals surface area contributed by atoms with E-state index in [4.69, 9.17) is 0 Å². The molecule has 126 valence electrons. The Bertz CT molecular complexity index is 705. The molecule has 0 saturated carbocycles. The summed E-state index contributed by atoms with van der Waals surface area (Å²) in [6, 6.07) is 10.4. The number of nitrogens with zero attached hydrogens (tertiary/aromatic N) is 3. The lowest BCUT2D eigenvalue weighted by molar-refractivity contribution is -0.00000487. The van der Waals surface area contributed by atoms with Crippen molar-refractivity contribution in [2.24, 2.45) is 7.05 Å². The van der Waals surface area contributed by atoms with Crippen molar-refractivity contribution in [3.8, 4) is 5.69 Å².